The lowest BCUT2D eigenvalue weighted by Crippen LogP contribution is -2.47. The average molecular weight is 369 g/mol. The van der Waals surface area contributed by atoms with Crippen LogP contribution in [-0.4, -0.2) is 30.6 Å². The van der Waals surface area contributed by atoms with E-state index in [-0.39, 0.29) is 12.6 Å². The number of nitrogens with one attached hydrogen (secondary N) is 1. The van der Waals surface area contributed by atoms with E-state index >= 15 is 0 Å². The lowest BCUT2D eigenvalue weighted by molar-refractivity contribution is -0.149. The Morgan fingerprint density at radius 3 is 2.07 bits per heavy atom. The summed E-state index contributed by atoms with van der Waals surface area (Å²) in [4.78, 5) is 24.5. The number of aryl methyl sites for hydroxylation is 1. The van der Waals surface area contributed by atoms with Gasteiger partial charge in [0.25, 0.3) is 0 Å². The summed E-state index contributed by atoms with van der Waals surface area (Å²) in [6.07, 6.45) is 1.25. The van der Waals surface area contributed by atoms with Crippen LogP contribution < -0.4 is 5.32 Å². The zero-order valence-corrected chi connectivity index (χ0v) is 15.9. The highest BCUT2D eigenvalue weighted by Gasteiger charge is 2.25. The lowest BCUT2D eigenvalue weighted by atomic mass is 10.0. The van der Waals surface area contributed by atoms with Crippen molar-refractivity contribution in [2.45, 2.75) is 45.4 Å². The monoisotopic (exact) mass is 369 g/mol. The highest BCUT2D eigenvalue weighted by Crippen LogP contribution is 2.08. The molecule has 2 aromatic rings. The topological polar surface area (TPSA) is 64.6 Å². The highest BCUT2D eigenvalue weighted by atomic mass is 16.5. The summed E-state index contributed by atoms with van der Waals surface area (Å²) in [6.45, 7) is 3.97. The molecule has 0 aromatic heterocycles. The summed E-state index contributed by atoms with van der Waals surface area (Å²) in [6, 6.07) is 18.2. The van der Waals surface area contributed by atoms with Crippen LogP contribution in [0.3, 0.4) is 0 Å². The second kappa shape index (κ2) is 11.1. The van der Waals surface area contributed by atoms with Gasteiger partial charge in [-0.05, 0) is 37.8 Å². The second-order valence-corrected chi connectivity index (χ2v) is 6.31. The third-order valence-electron chi connectivity index (χ3n) is 4.16. The van der Waals surface area contributed by atoms with Crippen molar-refractivity contribution in [3.63, 3.8) is 0 Å². The number of esters is 2. The number of hydrogen-bond acceptors (Lipinski definition) is 5. The van der Waals surface area contributed by atoms with Crippen LogP contribution >= 0.6 is 0 Å². The number of rotatable bonds is 10. The molecule has 5 nitrogen and oxygen atoms in total. The Bertz CT molecular complexity index is 703. The number of ether oxygens (including phenoxy) is 2. The summed E-state index contributed by atoms with van der Waals surface area (Å²) in [7, 11) is 0. The maximum absolute atomic E-state index is 12.3. The van der Waals surface area contributed by atoms with Crippen molar-refractivity contribution >= 4 is 11.9 Å². The molecule has 0 aliphatic carbocycles. The quantitative estimate of drug-likeness (QED) is 0.651. The van der Waals surface area contributed by atoms with Crippen molar-refractivity contribution in [1.82, 2.24) is 5.32 Å². The van der Waals surface area contributed by atoms with E-state index < -0.39 is 18.1 Å². The van der Waals surface area contributed by atoms with Gasteiger partial charge in [0.15, 0.2) is 0 Å². The summed E-state index contributed by atoms with van der Waals surface area (Å²) >= 11 is 0. The Morgan fingerprint density at radius 2 is 1.48 bits per heavy atom. The van der Waals surface area contributed by atoms with E-state index in [0.29, 0.717) is 19.4 Å². The second-order valence-electron chi connectivity index (χ2n) is 6.31. The van der Waals surface area contributed by atoms with Crippen LogP contribution in [0, 0.1) is 0 Å². The molecule has 0 heterocycles. The molecule has 0 saturated carbocycles. The third-order valence-corrected chi connectivity index (χ3v) is 4.16. The molecule has 0 spiro atoms. The van der Waals surface area contributed by atoms with Crippen molar-refractivity contribution in [3.8, 4) is 0 Å². The summed E-state index contributed by atoms with van der Waals surface area (Å²) in [5, 5.41) is 3.06. The van der Waals surface area contributed by atoms with E-state index in [9.17, 15) is 9.59 Å². The van der Waals surface area contributed by atoms with Gasteiger partial charge in [0.05, 0.1) is 6.61 Å². The molecule has 144 valence electrons. The fourth-order valence-electron chi connectivity index (χ4n) is 2.69. The standard InChI is InChI=1S/C22H27NO4/c1-3-26-22(25)20(15-14-18-10-6-4-7-11-18)23-17(2)21(24)27-16-19-12-8-5-9-13-19/h4-13,17,20,23H,3,14-16H2,1-2H3/t17-,20+/m0/s1. The Hall–Kier alpha value is -2.66. The first kappa shape index (κ1) is 20.6. The molecule has 5 heteroatoms. The lowest BCUT2D eigenvalue weighted by Gasteiger charge is -2.21. The van der Waals surface area contributed by atoms with Gasteiger partial charge in [-0.2, -0.15) is 0 Å². The number of benzene rings is 2. The molecule has 0 aliphatic heterocycles. The van der Waals surface area contributed by atoms with Gasteiger partial charge in [0, 0.05) is 0 Å². The predicted molar refractivity (Wildman–Crippen MR) is 104 cm³/mol. The van der Waals surface area contributed by atoms with Crippen molar-refractivity contribution < 1.29 is 19.1 Å². The largest absolute Gasteiger partial charge is 0.465 e. The van der Waals surface area contributed by atoms with Gasteiger partial charge < -0.3 is 9.47 Å². The molecule has 0 unspecified atom stereocenters. The van der Waals surface area contributed by atoms with Crippen molar-refractivity contribution in [2.75, 3.05) is 6.61 Å². The number of hydrogen-bond donors (Lipinski definition) is 1. The Morgan fingerprint density at radius 1 is 0.889 bits per heavy atom. The molecule has 0 saturated heterocycles. The number of carbonyl (C=O) groups excluding carboxylic acids is 2. The highest BCUT2D eigenvalue weighted by molar-refractivity contribution is 5.79. The Labute approximate surface area is 160 Å². The predicted octanol–water partition coefficient (Wildman–Crippen LogP) is 3.27. The summed E-state index contributed by atoms with van der Waals surface area (Å²) < 4.78 is 10.5. The third kappa shape index (κ3) is 7.23. The van der Waals surface area contributed by atoms with Gasteiger partial charge in [-0.3, -0.25) is 14.9 Å². The van der Waals surface area contributed by atoms with Gasteiger partial charge in [-0.1, -0.05) is 60.7 Å². The molecule has 0 radical (unpaired) electrons. The maximum Gasteiger partial charge on any atom is 0.323 e. The van der Waals surface area contributed by atoms with Crippen molar-refractivity contribution in [3.05, 3.63) is 71.8 Å². The molecule has 1 N–H and O–H groups in total. The molecule has 0 bridgehead atoms. The SMILES string of the molecule is CCOC(=O)[C@@H](CCc1ccccc1)N[C@@H](C)C(=O)OCc1ccccc1. The van der Waals surface area contributed by atoms with Crippen LogP contribution in [0.25, 0.3) is 0 Å². The van der Waals surface area contributed by atoms with Gasteiger partial charge in [-0.25, -0.2) is 0 Å². The minimum absolute atomic E-state index is 0.208. The zero-order chi connectivity index (χ0) is 19.5. The van der Waals surface area contributed by atoms with E-state index in [4.69, 9.17) is 9.47 Å². The van der Waals surface area contributed by atoms with Crippen LogP contribution in [0.5, 0.6) is 0 Å². The molecule has 2 aromatic carbocycles. The van der Waals surface area contributed by atoms with E-state index in [2.05, 4.69) is 5.32 Å². The van der Waals surface area contributed by atoms with Crippen LogP contribution in [0.4, 0.5) is 0 Å². The fraction of sp³-hybridized carbons (Fsp3) is 0.364. The molecule has 27 heavy (non-hydrogen) atoms. The minimum atomic E-state index is -0.612. The molecule has 0 aliphatic rings. The molecule has 2 rings (SSSR count). The van der Waals surface area contributed by atoms with Crippen molar-refractivity contribution in [1.29, 1.82) is 0 Å². The summed E-state index contributed by atoms with van der Waals surface area (Å²) in [5.41, 5.74) is 2.05. The Balaban J connectivity index is 1.89. The first-order valence-electron chi connectivity index (χ1n) is 9.27. The van der Waals surface area contributed by atoms with Crippen LogP contribution in [0.15, 0.2) is 60.7 Å². The summed E-state index contributed by atoms with van der Waals surface area (Å²) in [5.74, 6) is -0.746. The van der Waals surface area contributed by atoms with Gasteiger partial charge in [-0.15, -0.1) is 0 Å². The van der Waals surface area contributed by atoms with Gasteiger partial charge >= 0.3 is 11.9 Å². The van der Waals surface area contributed by atoms with Crippen LogP contribution in [-0.2, 0) is 32.1 Å². The van der Waals surface area contributed by atoms with Gasteiger partial charge in [0.2, 0.25) is 0 Å². The molecular formula is C22H27NO4. The van der Waals surface area contributed by atoms with Crippen LogP contribution in [0.1, 0.15) is 31.4 Å². The molecular weight excluding hydrogens is 342 g/mol. The Kier molecular flexibility index (Phi) is 8.52. The number of carbonyl (C=O) groups is 2. The minimum Gasteiger partial charge on any atom is -0.465 e. The smallest absolute Gasteiger partial charge is 0.323 e. The first-order chi connectivity index (χ1) is 13.1. The van der Waals surface area contributed by atoms with Crippen LogP contribution in [0.2, 0.25) is 0 Å². The van der Waals surface area contributed by atoms with E-state index in [1.165, 1.54) is 0 Å². The zero-order valence-electron chi connectivity index (χ0n) is 15.9. The molecule has 0 amide bonds. The molecule has 2 atom stereocenters. The maximum atomic E-state index is 12.3. The fourth-order valence-corrected chi connectivity index (χ4v) is 2.69. The van der Waals surface area contributed by atoms with Crippen molar-refractivity contribution in [2.24, 2.45) is 0 Å². The van der Waals surface area contributed by atoms with Gasteiger partial charge in [0.1, 0.15) is 18.7 Å². The first-order valence-corrected chi connectivity index (χ1v) is 9.27. The van der Waals surface area contributed by atoms with E-state index in [0.717, 1.165) is 11.1 Å². The average Bonchev–Trinajstić information content (AvgIpc) is 2.70. The molecule has 0 fully saturated rings. The van der Waals surface area contributed by atoms with E-state index in [1.807, 2.05) is 60.7 Å². The normalized spacial score (nSPS) is 12.8. The van der Waals surface area contributed by atoms with E-state index in [1.54, 1.807) is 13.8 Å².